The molecule has 0 spiro atoms. The number of aryl methyl sites for hydroxylation is 1. The molecule has 0 heterocycles. The zero-order valence-electron chi connectivity index (χ0n) is 12.1. The van der Waals surface area contributed by atoms with Gasteiger partial charge in [0.1, 0.15) is 0 Å². The van der Waals surface area contributed by atoms with Gasteiger partial charge in [0.2, 0.25) is 5.91 Å². The molecule has 1 aromatic rings. The van der Waals surface area contributed by atoms with Crippen molar-refractivity contribution in [1.29, 1.82) is 0 Å². The lowest BCUT2D eigenvalue weighted by atomic mass is 9.87. The Bertz CT molecular complexity index is 456. The van der Waals surface area contributed by atoms with Gasteiger partial charge < -0.3 is 10.6 Å². The zero-order valence-corrected chi connectivity index (χ0v) is 12.1. The fraction of sp³-hybridized carbons (Fsp3) is 0.562. The largest absolute Gasteiger partial charge is 0.382 e. The maximum Gasteiger partial charge on any atom is 0.221 e. The summed E-state index contributed by atoms with van der Waals surface area (Å²) in [5.41, 5.74) is 3.10. The molecule has 0 radical (unpaired) electrons. The van der Waals surface area contributed by atoms with Crippen LogP contribution in [-0.2, 0) is 4.79 Å². The zero-order chi connectivity index (χ0) is 13.8. The van der Waals surface area contributed by atoms with Gasteiger partial charge in [-0.3, -0.25) is 4.79 Å². The van der Waals surface area contributed by atoms with E-state index in [0.29, 0.717) is 6.04 Å². The number of anilines is 2. The van der Waals surface area contributed by atoms with Crippen molar-refractivity contribution in [3.63, 3.8) is 0 Å². The highest BCUT2D eigenvalue weighted by Gasteiger charge is 2.18. The molecule has 1 amide bonds. The first kappa shape index (κ1) is 13.9. The number of carbonyl (C=O) groups is 1. The second-order valence-electron chi connectivity index (χ2n) is 5.82. The number of amides is 1. The molecule has 1 saturated carbocycles. The van der Waals surface area contributed by atoms with E-state index >= 15 is 0 Å². The summed E-state index contributed by atoms with van der Waals surface area (Å²) in [6, 6.07) is 6.76. The summed E-state index contributed by atoms with van der Waals surface area (Å²) >= 11 is 0. The van der Waals surface area contributed by atoms with Gasteiger partial charge in [0, 0.05) is 24.3 Å². The minimum absolute atomic E-state index is 0.0217. The quantitative estimate of drug-likeness (QED) is 0.864. The molecule has 1 aromatic carbocycles. The SMILES string of the molecule is CC(=O)Nc1cc(NC2CCCC(C)C2)ccc1C. The van der Waals surface area contributed by atoms with Crippen LogP contribution in [0.25, 0.3) is 0 Å². The van der Waals surface area contributed by atoms with Gasteiger partial charge in [-0.1, -0.05) is 25.8 Å². The van der Waals surface area contributed by atoms with E-state index in [4.69, 9.17) is 0 Å². The van der Waals surface area contributed by atoms with Crippen molar-refractivity contribution in [1.82, 2.24) is 0 Å². The number of hydrogen-bond acceptors (Lipinski definition) is 2. The maximum absolute atomic E-state index is 11.2. The molecule has 0 aliphatic heterocycles. The van der Waals surface area contributed by atoms with Crippen molar-refractivity contribution < 1.29 is 4.79 Å². The average molecular weight is 260 g/mol. The lowest BCUT2D eigenvalue weighted by Gasteiger charge is -2.28. The van der Waals surface area contributed by atoms with Gasteiger partial charge in [0.25, 0.3) is 0 Å². The molecule has 2 rings (SSSR count). The maximum atomic E-state index is 11.2. The van der Waals surface area contributed by atoms with Gasteiger partial charge in [0.05, 0.1) is 0 Å². The first-order chi connectivity index (χ1) is 9.04. The average Bonchev–Trinajstić information content (AvgIpc) is 2.33. The summed E-state index contributed by atoms with van der Waals surface area (Å²) in [5.74, 6) is 0.790. The Morgan fingerprint density at radius 1 is 1.32 bits per heavy atom. The van der Waals surface area contributed by atoms with Crippen molar-refractivity contribution >= 4 is 17.3 Å². The molecule has 2 unspecified atom stereocenters. The van der Waals surface area contributed by atoms with Crippen LogP contribution in [0.4, 0.5) is 11.4 Å². The van der Waals surface area contributed by atoms with E-state index in [-0.39, 0.29) is 5.91 Å². The predicted molar refractivity (Wildman–Crippen MR) is 80.5 cm³/mol. The molecule has 1 aliphatic carbocycles. The van der Waals surface area contributed by atoms with Crippen LogP contribution in [0.5, 0.6) is 0 Å². The third kappa shape index (κ3) is 3.98. The van der Waals surface area contributed by atoms with Crippen LogP contribution in [0.3, 0.4) is 0 Å². The van der Waals surface area contributed by atoms with Crippen molar-refractivity contribution in [2.75, 3.05) is 10.6 Å². The first-order valence-electron chi connectivity index (χ1n) is 7.19. The van der Waals surface area contributed by atoms with Crippen molar-refractivity contribution in [2.45, 2.75) is 52.5 Å². The second kappa shape index (κ2) is 6.09. The highest BCUT2D eigenvalue weighted by atomic mass is 16.1. The number of rotatable bonds is 3. The van der Waals surface area contributed by atoms with Gasteiger partial charge >= 0.3 is 0 Å². The van der Waals surface area contributed by atoms with Crippen LogP contribution in [0.2, 0.25) is 0 Å². The molecular weight excluding hydrogens is 236 g/mol. The number of carbonyl (C=O) groups excluding carboxylic acids is 1. The summed E-state index contributed by atoms with van der Waals surface area (Å²) in [5, 5.41) is 6.48. The fourth-order valence-corrected chi connectivity index (χ4v) is 2.84. The van der Waals surface area contributed by atoms with Crippen LogP contribution >= 0.6 is 0 Å². The van der Waals surface area contributed by atoms with Crippen LogP contribution in [-0.4, -0.2) is 11.9 Å². The van der Waals surface area contributed by atoms with Gasteiger partial charge in [0.15, 0.2) is 0 Å². The van der Waals surface area contributed by atoms with Gasteiger partial charge in [-0.25, -0.2) is 0 Å². The third-order valence-corrected chi connectivity index (χ3v) is 3.86. The number of benzene rings is 1. The minimum Gasteiger partial charge on any atom is -0.382 e. The molecule has 2 atom stereocenters. The van der Waals surface area contributed by atoms with Crippen molar-refractivity contribution in [3.8, 4) is 0 Å². The van der Waals surface area contributed by atoms with Gasteiger partial charge in [-0.15, -0.1) is 0 Å². The van der Waals surface area contributed by atoms with Crippen molar-refractivity contribution in [2.24, 2.45) is 5.92 Å². The van der Waals surface area contributed by atoms with E-state index < -0.39 is 0 Å². The molecule has 104 valence electrons. The highest BCUT2D eigenvalue weighted by molar-refractivity contribution is 5.90. The van der Waals surface area contributed by atoms with Crippen LogP contribution in [0, 0.1) is 12.8 Å². The third-order valence-electron chi connectivity index (χ3n) is 3.86. The number of nitrogens with one attached hydrogen (secondary N) is 2. The molecular formula is C16H24N2O. The Labute approximate surface area is 115 Å². The lowest BCUT2D eigenvalue weighted by Crippen LogP contribution is -2.26. The van der Waals surface area contributed by atoms with E-state index in [1.165, 1.54) is 25.7 Å². The molecule has 1 aliphatic rings. The Balaban J connectivity index is 2.05. The van der Waals surface area contributed by atoms with Crippen LogP contribution in [0.1, 0.15) is 45.1 Å². The monoisotopic (exact) mass is 260 g/mol. The first-order valence-corrected chi connectivity index (χ1v) is 7.19. The van der Waals surface area contributed by atoms with E-state index in [2.05, 4.69) is 29.7 Å². The summed E-state index contributed by atoms with van der Waals surface area (Å²) < 4.78 is 0. The summed E-state index contributed by atoms with van der Waals surface area (Å²) in [7, 11) is 0. The molecule has 19 heavy (non-hydrogen) atoms. The standard InChI is InChI=1S/C16H24N2O/c1-11-5-4-6-14(9-11)18-15-8-7-12(2)16(10-15)17-13(3)19/h7-8,10-11,14,18H,4-6,9H2,1-3H3,(H,17,19). The van der Waals surface area contributed by atoms with E-state index in [1.54, 1.807) is 6.92 Å². The Morgan fingerprint density at radius 3 is 2.79 bits per heavy atom. The van der Waals surface area contributed by atoms with Crippen molar-refractivity contribution in [3.05, 3.63) is 23.8 Å². The molecule has 0 aromatic heterocycles. The number of hydrogen-bond donors (Lipinski definition) is 2. The summed E-state index contributed by atoms with van der Waals surface area (Å²) in [6.07, 6.45) is 5.14. The van der Waals surface area contributed by atoms with Gasteiger partial charge in [-0.05, 0) is 43.4 Å². The van der Waals surface area contributed by atoms with Crippen LogP contribution in [0.15, 0.2) is 18.2 Å². The molecule has 0 bridgehead atoms. The minimum atomic E-state index is -0.0217. The Morgan fingerprint density at radius 2 is 2.11 bits per heavy atom. The summed E-state index contributed by atoms with van der Waals surface area (Å²) in [4.78, 5) is 11.2. The summed E-state index contributed by atoms with van der Waals surface area (Å²) in [6.45, 7) is 5.88. The van der Waals surface area contributed by atoms with E-state index in [0.717, 1.165) is 22.9 Å². The highest BCUT2D eigenvalue weighted by Crippen LogP contribution is 2.27. The predicted octanol–water partition coefficient (Wildman–Crippen LogP) is 3.94. The molecule has 2 N–H and O–H groups in total. The Kier molecular flexibility index (Phi) is 4.46. The van der Waals surface area contributed by atoms with Gasteiger partial charge in [-0.2, -0.15) is 0 Å². The lowest BCUT2D eigenvalue weighted by molar-refractivity contribution is -0.114. The van der Waals surface area contributed by atoms with Crippen LogP contribution < -0.4 is 10.6 Å². The molecule has 1 fully saturated rings. The van der Waals surface area contributed by atoms with E-state index in [9.17, 15) is 4.79 Å². The molecule has 3 nitrogen and oxygen atoms in total. The smallest absolute Gasteiger partial charge is 0.221 e. The second-order valence-corrected chi connectivity index (χ2v) is 5.82. The molecule has 0 saturated heterocycles. The van der Waals surface area contributed by atoms with E-state index in [1.807, 2.05) is 13.0 Å². The normalized spacial score (nSPS) is 22.9. The Hall–Kier alpha value is -1.51. The topological polar surface area (TPSA) is 41.1 Å². The fourth-order valence-electron chi connectivity index (χ4n) is 2.84. The molecule has 3 heteroatoms.